The third kappa shape index (κ3) is 2.71. The monoisotopic (exact) mass is 199 g/mol. The first-order valence-corrected chi connectivity index (χ1v) is 5.54. The predicted molar refractivity (Wildman–Crippen MR) is 56.3 cm³/mol. The van der Waals surface area contributed by atoms with E-state index in [0.29, 0.717) is 0 Å². The smallest absolute Gasteiger partial charge is 0.310 e. The van der Waals surface area contributed by atoms with Gasteiger partial charge in [-0.15, -0.1) is 0 Å². The van der Waals surface area contributed by atoms with E-state index in [4.69, 9.17) is 0 Å². The molecule has 0 saturated carbocycles. The van der Waals surface area contributed by atoms with Crippen LogP contribution in [-0.2, 0) is 4.79 Å². The fraction of sp³-hybridized carbons (Fsp3) is 0.909. The molecule has 14 heavy (non-hydrogen) atoms. The number of likely N-dealkylation sites (tertiary alicyclic amines) is 1. The fourth-order valence-corrected chi connectivity index (χ4v) is 2.24. The Morgan fingerprint density at radius 3 is 2.43 bits per heavy atom. The molecule has 1 fully saturated rings. The van der Waals surface area contributed by atoms with Crippen molar-refractivity contribution in [3.05, 3.63) is 0 Å². The highest BCUT2D eigenvalue weighted by molar-refractivity contribution is 5.74. The Morgan fingerprint density at radius 1 is 1.43 bits per heavy atom. The summed E-state index contributed by atoms with van der Waals surface area (Å²) in [4.78, 5) is 13.5. The molecule has 3 heteroatoms. The maximum Gasteiger partial charge on any atom is 0.310 e. The van der Waals surface area contributed by atoms with Crippen LogP contribution in [0.25, 0.3) is 0 Å². The van der Waals surface area contributed by atoms with Crippen molar-refractivity contribution in [1.82, 2.24) is 4.90 Å². The summed E-state index contributed by atoms with van der Waals surface area (Å²) in [5.74, 6) is -0.647. The molecule has 0 amide bonds. The molecular formula is C11H21NO2. The number of hydrogen-bond donors (Lipinski definition) is 1. The Labute approximate surface area is 86.1 Å². The standard InChI is InChI=1S/C11H21NO2/c1-3-6-11(2,10(13)14)9-12-7-4-5-8-12/h3-9H2,1-2H3,(H,13,14). The van der Waals surface area contributed by atoms with Gasteiger partial charge in [0.15, 0.2) is 0 Å². The lowest BCUT2D eigenvalue weighted by atomic mass is 9.85. The minimum atomic E-state index is -0.647. The van der Waals surface area contributed by atoms with E-state index in [2.05, 4.69) is 4.90 Å². The highest BCUT2D eigenvalue weighted by Gasteiger charge is 2.34. The van der Waals surface area contributed by atoms with Crippen molar-refractivity contribution in [3.63, 3.8) is 0 Å². The van der Waals surface area contributed by atoms with Gasteiger partial charge in [0.05, 0.1) is 5.41 Å². The number of carboxylic acids is 1. The van der Waals surface area contributed by atoms with Gasteiger partial charge in [0, 0.05) is 6.54 Å². The number of hydrogen-bond acceptors (Lipinski definition) is 2. The van der Waals surface area contributed by atoms with Crippen LogP contribution in [-0.4, -0.2) is 35.6 Å². The van der Waals surface area contributed by atoms with Gasteiger partial charge < -0.3 is 10.0 Å². The lowest BCUT2D eigenvalue weighted by Gasteiger charge is -2.29. The van der Waals surface area contributed by atoms with Crippen LogP contribution in [0.15, 0.2) is 0 Å². The van der Waals surface area contributed by atoms with Crippen LogP contribution in [0.3, 0.4) is 0 Å². The lowest BCUT2D eigenvalue weighted by Crippen LogP contribution is -2.40. The molecule has 0 radical (unpaired) electrons. The van der Waals surface area contributed by atoms with Gasteiger partial charge in [0.25, 0.3) is 0 Å². The molecule has 0 bridgehead atoms. The van der Waals surface area contributed by atoms with Gasteiger partial charge in [-0.05, 0) is 39.3 Å². The first kappa shape index (κ1) is 11.5. The van der Waals surface area contributed by atoms with E-state index in [1.165, 1.54) is 12.8 Å². The molecule has 0 aromatic heterocycles. The summed E-state index contributed by atoms with van der Waals surface area (Å²) in [6.45, 7) is 6.79. The zero-order valence-corrected chi connectivity index (χ0v) is 9.25. The van der Waals surface area contributed by atoms with Gasteiger partial charge >= 0.3 is 5.97 Å². The van der Waals surface area contributed by atoms with Crippen LogP contribution < -0.4 is 0 Å². The molecule has 1 heterocycles. The average Bonchev–Trinajstić information content (AvgIpc) is 2.56. The number of rotatable bonds is 5. The van der Waals surface area contributed by atoms with Gasteiger partial charge in [-0.25, -0.2) is 0 Å². The lowest BCUT2D eigenvalue weighted by molar-refractivity contribution is -0.149. The van der Waals surface area contributed by atoms with E-state index in [1.54, 1.807) is 0 Å². The molecule has 0 aliphatic carbocycles. The topological polar surface area (TPSA) is 40.5 Å². The molecule has 1 N–H and O–H groups in total. The maximum absolute atomic E-state index is 11.2. The van der Waals surface area contributed by atoms with Crippen LogP contribution in [0.2, 0.25) is 0 Å². The van der Waals surface area contributed by atoms with Crippen molar-refractivity contribution in [1.29, 1.82) is 0 Å². The third-order valence-corrected chi connectivity index (χ3v) is 3.09. The zero-order valence-electron chi connectivity index (χ0n) is 9.25. The van der Waals surface area contributed by atoms with Crippen molar-refractivity contribution in [2.24, 2.45) is 5.41 Å². The summed E-state index contributed by atoms with van der Waals surface area (Å²) in [6.07, 6.45) is 4.17. The molecule has 1 unspecified atom stereocenters. The van der Waals surface area contributed by atoms with E-state index >= 15 is 0 Å². The van der Waals surface area contributed by atoms with E-state index in [-0.39, 0.29) is 0 Å². The number of aliphatic carboxylic acids is 1. The van der Waals surface area contributed by atoms with E-state index in [9.17, 15) is 9.90 Å². The number of nitrogens with zero attached hydrogens (tertiary/aromatic N) is 1. The van der Waals surface area contributed by atoms with E-state index < -0.39 is 11.4 Å². The molecule has 3 nitrogen and oxygen atoms in total. The molecular weight excluding hydrogens is 178 g/mol. The van der Waals surface area contributed by atoms with Crippen molar-refractivity contribution in [2.75, 3.05) is 19.6 Å². The summed E-state index contributed by atoms with van der Waals surface area (Å²) >= 11 is 0. The summed E-state index contributed by atoms with van der Waals surface area (Å²) in [5.41, 5.74) is -0.543. The number of carbonyl (C=O) groups is 1. The maximum atomic E-state index is 11.2. The quantitative estimate of drug-likeness (QED) is 0.736. The third-order valence-electron chi connectivity index (χ3n) is 3.09. The molecule has 82 valence electrons. The summed E-state index contributed by atoms with van der Waals surface area (Å²) < 4.78 is 0. The van der Waals surface area contributed by atoms with Crippen molar-refractivity contribution >= 4 is 5.97 Å². The van der Waals surface area contributed by atoms with Crippen LogP contribution in [0.1, 0.15) is 39.5 Å². The zero-order chi connectivity index (χ0) is 10.6. The predicted octanol–water partition coefficient (Wildman–Crippen LogP) is 1.97. The SMILES string of the molecule is CCCC(C)(CN1CCCC1)C(=O)O. The second-order valence-corrected chi connectivity index (χ2v) is 4.60. The summed E-state index contributed by atoms with van der Waals surface area (Å²) in [5, 5.41) is 9.20. The van der Waals surface area contributed by atoms with Gasteiger partial charge in [0.1, 0.15) is 0 Å². The molecule has 1 saturated heterocycles. The molecule has 0 spiro atoms. The highest BCUT2D eigenvalue weighted by Crippen LogP contribution is 2.26. The van der Waals surface area contributed by atoms with Crippen molar-refractivity contribution < 1.29 is 9.90 Å². The number of carboxylic acid groups (broad SMARTS) is 1. The Morgan fingerprint density at radius 2 is 2.00 bits per heavy atom. The van der Waals surface area contributed by atoms with Gasteiger partial charge in [-0.3, -0.25) is 4.79 Å². The highest BCUT2D eigenvalue weighted by atomic mass is 16.4. The second kappa shape index (κ2) is 4.78. The van der Waals surface area contributed by atoms with Crippen LogP contribution >= 0.6 is 0 Å². The minimum absolute atomic E-state index is 0.543. The van der Waals surface area contributed by atoms with E-state index in [1.807, 2.05) is 13.8 Å². The summed E-state index contributed by atoms with van der Waals surface area (Å²) in [7, 11) is 0. The minimum Gasteiger partial charge on any atom is -0.481 e. The Balaban J connectivity index is 2.53. The largest absolute Gasteiger partial charge is 0.481 e. The Bertz CT molecular complexity index is 199. The van der Waals surface area contributed by atoms with Gasteiger partial charge in [0.2, 0.25) is 0 Å². The molecule has 0 aromatic rings. The van der Waals surface area contributed by atoms with Crippen LogP contribution in [0.4, 0.5) is 0 Å². The van der Waals surface area contributed by atoms with Crippen molar-refractivity contribution in [3.8, 4) is 0 Å². The Kier molecular flexibility index (Phi) is 3.93. The normalized spacial score (nSPS) is 22.1. The Hall–Kier alpha value is -0.570. The van der Waals surface area contributed by atoms with Crippen LogP contribution in [0.5, 0.6) is 0 Å². The molecule has 1 atom stereocenters. The van der Waals surface area contributed by atoms with Crippen molar-refractivity contribution in [2.45, 2.75) is 39.5 Å². The molecule has 1 rings (SSSR count). The second-order valence-electron chi connectivity index (χ2n) is 4.60. The molecule has 0 aromatic carbocycles. The van der Waals surface area contributed by atoms with Gasteiger partial charge in [-0.2, -0.15) is 0 Å². The van der Waals surface area contributed by atoms with E-state index in [0.717, 1.165) is 32.5 Å². The molecule has 1 aliphatic heterocycles. The molecule has 1 aliphatic rings. The fourth-order valence-electron chi connectivity index (χ4n) is 2.24. The first-order chi connectivity index (χ1) is 6.58. The first-order valence-electron chi connectivity index (χ1n) is 5.54. The average molecular weight is 199 g/mol. The van der Waals surface area contributed by atoms with Crippen LogP contribution in [0, 0.1) is 5.41 Å². The summed E-state index contributed by atoms with van der Waals surface area (Å²) in [6, 6.07) is 0. The van der Waals surface area contributed by atoms with Gasteiger partial charge in [-0.1, -0.05) is 13.3 Å².